The summed E-state index contributed by atoms with van der Waals surface area (Å²) in [6.07, 6.45) is -4.91. The summed E-state index contributed by atoms with van der Waals surface area (Å²) in [6, 6.07) is 3.07. The molecule has 0 saturated carbocycles. The SMILES string of the molecule is COC(=O)[C@H]1[C@H](C(F)(F)F)NN(C(=O)c2ccccc2)[C@H]1C(=O)OC. The number of nitrogens with one attached hydrogen (secondary N) is 1. The van der Waals surface area contributed by atoms with Crippen LogP contribution in [0.3, 0.4) is 0 Å². The third kappa shape index (κ3) is 3.58. The van der Waals surface area contributed by atoms with Crippen LogP contribution in [0, 0.1) is 5.92 Å². The topological polar surface area (TPSA) is 84.9 Å². The van der Waals surface area contributed by atoms with Crippen LogP contribution in [-0.2, 0) is 19.1 Å². The van der Waals surface area contributed by atoms with E-state index in [4.69, 9.17) is 0 Å². The minimum absolute atomic E-state index is 0.0374. The molecule has 0 aliphatic carbocycles. The van der Waals surface area contributed by atoms with E-state index in [9.17, 15) is 27.6 Å². The van der Waals surface area contributed by atoms with Crippen LogP contribution in [0.2, 0.25) is 0 Å². The lowest BCUT2D eigenvalue weighted by Crippen LogP contribution is -2.49. The quantitative estimate of drug-likeness (QED) is 0.807. The lowest BCUT2D eigenvalue weighted by atomic mass is 9.93. The first-order valence-electron chi connectivity index (χ1n) is 7.09. The second-order valence-electron chi connectivity index (χ2n) is 5.21. The van der Waals surface area contributed by atoms with Gasteiger partial charge in [-0.2, -0.15) is 13.2 Å². The normalized spacial score (nSPS) is 23.2. The van der Waals surface area contributed by atoms with Gasteiger partial charge in [-0.3, -0.25) is 14.6 Å². The van der Waals surface area contributed by atoms with Crippen molar-refractivity contribution < 1.29 is 37.0 Å². The molecule has 1 aromatic carbocycles. The Bertz CT molecular complexity index is 665. The molecular formula is C15H15F3N2O5. The third-order valence-corrected chi connectivity index (χ3v) is 3.76. The number of ether oxygens (including phenoxy) is 2. The average molecular weight is 360 g/mol. The molecule has 0 spiro atoms. The zero-order valence-corrected chi connectivity index (χ0v) is 13.2. The predicted octanol–water partition coefficient (Wildman–Crippen LogP) is 0.909. The van der Waals surface area contributed by atoms with Crippen molar-refractivity contribution in [1.29, 1.82) is 0 Å². The minimum Gasteiger partial charge on any atom is -0.469 e. The number of carbonyl (C=O) groups is 3. The lowest BCUT2D eigenvalue weighted by molar-refractivity contribution is -0.177. The molecule has 0 bridgehead atoms. The Morgan fingerprint density at radius 2 is 1.60 bits per heavy atom. The smallest absolute Gasteiger partial charge is 0.406 e. The van der Waals surface area contributed by atoms with Gasteiger partial charge in [0.15, 0.2) is 6.04 Å². The first-order chi connectivity index (χ1) is 11.7. The molecule has 1 N–H and O–H groups in total. The van der Waals surface area contributed by atoms with Crippen LogP contribution in [0.15, 0.2) is 30.3 Å². The number of nitrogens with zero attached hydrogens (tertiary/aromatic N) is 1. The number of esters is 2. The standard InChI is InChI=1S/C15H15F3N2O5/c1-24-13(22)9-10(14(23)25-2)20(19-11(9)15(16,17)18)12(21)8-6-4-3-5-7-8/h3-7,9-11,19H,1-2H3/t9-,10-,11-/m1/s1. The van der Waals surface area contributed by atoms with Crippen molar-refractivity contribution in [2.45, 2.75) is 18.3 Å². The Kier molecular flexibility index (Phi) is 5.31. The number of methoxy groups -OCH3 is 2. The molecule has 1 aliphatic heterocycles. The fraction of sp³-hybridized carbons (Fsp3) is 0.400. The van der Waals surface area contributed by atoms with Gasteiger partial charge in [-0.1, -0.05) is 18.2 Å². The Morgan fingerprint density at radius 3 is 2.08 bits per heavy atom. The van der Waals surface area contributed by atoms with Crippen LogP contribution in [0.4, 0.5) is 13.2 Å². The van der Waals surface area contributed by atoms with Gasteiger partial charge in [0.25, 0.3) is 5.91 Å². The zero-order valence-electron chi connectivity index (χ0n) is 13.2. The number of hydrazine groups is 1. The van der Waals surface area contributed by atoms with Gasteiger partial charge in [0, 0.05) is 5.56 Å². The van der Waals surface area contributed by atoms with E-state index in [1.165, 1.54) is 24.3 Å². The van der Waals surface area contributed by atoms with Gasteiger partial charge in [-0.05, 0) is 12.1 Å². The molecule has 1 aromatic rings. The molecular weight excluding hydrogens is 345 g/mol. The number of rotatable bonds is 3. The highest BCUT2D eigenvalue weighted by atomic mass is 19.4. The van der Waals surface area contributed by atoms with Crippen LogP contribution >= 0.6 is 0 Å². The summed E-state index contributed by atoms with van der Waals surface area (Å²) in [6.45, 7) is 0. The van der Waals surface area contributed by atoms with Gasteiger partial charge in [0.05, 0.1) is 14.2 Å². The summed E-state index contributed by atoms with van der Waals surface area (Å²) in [4.78, 5) is 36.5. The van der Waals surface area contributed by atoms with E-state index in [0.29, 0.717) is 5.01 Å². The third-order valence-electron chi connectivity index (χ3n) is 3.76. The second-order valence-corrected chi connectivity index (χ2v) is 5.21. The Labute approximate surface area is 140 Å². The summed E-state index contributed by atoms with van der Waals surface area (Å²) in [7, 11) is 1.84. The molecule has 0 radical (unpaired) electrons. The first-order valence-corrected chi connectivity index (χ1v) is 7.09. The second kappa shape index (κ2) is 7.09. The molecule has 7 nitrogen and oxygen atoms in total. The highest BCUT2D eigenvalue weighted by Gasteiger charge is 2.61. The Morgan fingerprint density at radius 1 is 1.04 bits per heavy atom. The van der Waals surface area contributed by atoms with E-state index in [1.807, 2.05) is 5.43 Å². The van der Waals surface area contributed by atoms with E-state index < -0.39 is 42.0 Å². The highest BCUT2D eigenvalue weighted by molar-refractivity contribution is 5.98. The number of halogens is 3. The van der Waals surface area contributed by atoms with Gasteiger partial charge >= 0.3 is 18.1 Å². The maximum Gasteiger partial charge on any atom is 0.406 e. The molecule has 25 heavy (non-hydrogen) atoms. The van der Waals surface area contributed by atoms with Crippen molar-refractivity contribution in [3.05, 3.63) is 35.9 Å². The molecule has 1 saturated heterocycles. The summed E-state index contributed by atoms with van der Waals surface area (Å²) >= 11 is 0. The number of amides is 1. The van der Waals surface area contributed by atoms with Gasteiger partial charge in [0.2, 0.25) is 0 Å². The largest absolute Gasteiger partial charge is 0.469 e. The van der Waals surface area contributed by atoms with Crippen molar-refractivity contribution in [3.8, 4) is 0 Å². The summed E-state index contributed by atoms with van der Waals surface area (Å²) in [5.41, 5.74) is 1.95. The number of carbonyl (C=O) groups excluding carboxylic acids is 3. The minimum atomic E-state index is -4.91. The molecule has 2 rings (SSSR count). The summed E-state index contributed by atoms with van der Waals surface area (Å²) in [5, 5.41) is 0.473. The number of alkyl halides is 3. The number of benzene rings is 1. The van der Waals surface area contributed by atoms with E-state index >= 15 is 0 Å². The highest BCUT2D eigenvalue weighted by Crippen LogP contribution is 2.35. The molecule has 0 aromatic heterocycles. The van der Waals surface area contributed by atoms with Crippen LogP contribution in [0.1, 0.15) is 10.4 Å². The van der Waals surface area contributed by atoms with Crippen LogP contribution in [0.25, 0.3) is 0 Å². The lowest BCUT2D eigenvalue weighted by Gasteiger charge is -2.23. The van der Waals surface area contributed by atoms with E-state index in [2.05, 4.69) is 9.47 Å². The molecule has 1 heterocycles. The van der Waals surface area contributed by atoms with Crippen LogP contribution in [-0.4, -0.2) is 55.3 Å². The molecule has 136 valence electrons. The number of hydrogen-bond acceptors (Lipinski definition) is 6. The van der Waals surface area contributed by atoms with Crippen molar-refractivity contribution >= 4 is 17.8 Å². The van der Waals surface area contributed by atoms with E-state index in [-0.39, 0.29) is 5.56 Å². The van der Waals surface area contributed by atoms with E-state index in [1.54, 1.807) is 6.07 Å². The van der Waals surface area contributed by atoms with Crippen LogP contribution < -0.4 is 5.43 Å². The summed E-state index contributed by atoms with van der Waals surface area (Å²) < 4.78 is 48.9. The van der Waals surface area contributed by atoms with Gasteiger partial charge in [-0.25, -0.2) is 10.2 Å². The maximum absolute atomic E-state index is 13.3. The van der Waals surface area contributed by atoms with Crippen molar-refractivity contribution in [2.24, 2.45) is 5.92 Å². The molecule has 1 aliphatic rings. The van der Waals surface area contributed by atoms with Crippen molar-refractivity contribution in [2.75, 3.05) is 14.2 Å². The fourth-order valence-electron chi connectivity index (χ4n) is 2.61. The molecule has 1 fully saturated rings. The number of hydrogen-bond donors (Lipinski definition) is 1. The summed E-state index contributed by atoms with van der Waals surface area (Å²) in [5.74, 6) is -5.35. The molecule has 0 unspecified atom stereocenters. The van der Waals surface area contributed by atoms with Gasteiger partial charge < -0.3 is 9.47 Å². The predicted molar refractivity (Wildman–Crippen MR) is 76.9 cm³/mol. The average Bonchev–Trinajstić information content (AvgIpc) is 3.01. The molecule has 10 heteroatoms. The fourth-order valence-corrected chi connectivity index (χ4v) is 2.61. The van der Waals surface area contributed by atoms with Gasteiger partial charge in [-0.15, -0.1) is 0 Å². The van der Waals surface area contributed by atoms with E-state index in [0.717, 1.165) is 14.2 Å². The maximum atomic E-state index is 13.3. The Balaban J connectivity index is 2.49. The Hall–Kier alpha value is -2.62. The van der Waals surface area contributed by atoms with Gasteiger partial charge in [0.1, 0.15) is 12.0 Å². The molecule has 3 atom stereocenters. The van der Waals surface area contributed by atoms with Crippen LogP contribution in [0.5, 0.6) is 0 Å². The van der Waals surface area contributed by atoms with Crippen molar-refractivity contribution in [3.63, 3.8) is 0 Å². The zero-order chi connectivity index (χ0) is 18.8. The monoisotopic (exact) mass is 360 g/mol. The van der Waals surface area contributed by atoms with Crippen molar-refractivity contribution in [1.82, 2.24) is 10.4 Å². The molecule has 1 amide bonds. The first kappa shape index (κ1) is 18.7.